The van der Waals surface area contributed by atoms with E-state index in [4.69, 9.17) is 0 Å². The van der Waals surface area contributed by atoms with Gasteiger partial charge < -0.3 is 15.2 Å². The summed E-state index contributed by atoms with van der Waals surface area (Å²) in [5, 5.41) is 8.71. The number of H-pyrrole nitrogens is 1. The van der Waals surface area contributed by atoms with Gasteiger partial charge in [-0.2, -0.15) is 5.10 Å². The highest BCUT2D eigenvalue weighted by molar-refractivity contribution is 7.92. The molecule has 1 fully saturated rings. The van der Waals surface area contributed by atoms with Crippen LogP contribution >= 0.6 is 0 Å². The van der Waals surface area contributed by atoms with Crippen LogP contribution in [0.2, 0.25) is 0 Å². The van der Waals surface area contributed by atoms with E-state index in [0.29, 0.717) is 12.2 Å². The first-order valence-electron chi connectivity index (χ1n) is 12.6. The fourth-order valence-electron chi connectivity index (χ4n) is 4.99. The number of aromatic nitrogens is 4. The van der Waals surface area contributed by atoms with Crippen molar-refractivity contribution in [3.05, 3.63) is 84.7 Å². The number of aromatic amines is 1. The lowest BCUT2D eigenvalue weighted by molar-refractivity contribution is 0.589. The summed E-state index contributed by atoms with van der Waals surface area (Å²) in [5.41, 5.74) is 6.52. The molecule has 0 radical (unpaired) electrons. The minimum atomic E-state index is -3.47. The number of hydrogen-bond acceptors (Lipinski definition) is 6. The molecular formula is C28H28FN7O2S. The largest absolute Gasteiger partial charge is 0.367 e. The highest BCUT2D eigenvalue weighted by Crippen LogP contribution is 2.35. The summed E-state index contributed by atoms with van der Waals surface area (Å²) in [4.78, 5) is 10.0. The maximum absolute atomic E-state index is 13.6. The maximum Gasteiger partial charge on any atom is 0.229 e. The molecule has 4 heterocycles. The number of anilines is 2. The summed E-state index contributed by atoms with van der Waals surface area (Å²) in [7, 11) is -3.47. The molecule has 200 valence electrons. The van der Waals surface area contributed by atoms with Crippen LogP contribution in [0.4, 0.5) is 15.8 Å². The van der Waals surface area contributed by atoms with Gasteiger partial charge in [-0.1, -0.05) is 18.2 Å². The van der Waals surface area contributed by atoms with Gasteiger partial charge in [0.1, 0.15) is 11.5 Å². The van der Waals surface area contributed by atoms with Crippen molar-refractivity contribution in [2.45, 2.75) is 6.54 Å². The zero-order valence-corrected chi connectivity index (χ0v) is 22.2. The van der Waals surface area contributed by atoms with Crippen LogP contribution in [-0.4, -0.2) is 60.6 Å². The standard InChI is InChI=1S/C28H28FN7O2S/c1-39(37,38)34-26-13-20(5-6-27(26)35-9-7-30-8-10-35)21-12-24-25(16-32-28(24)31-14-21)22-15-33-36(18-22)17-19-3-2-4-23(29)11-19/h2-6,11-16,18,30,34H,7-10,17H2,1H3,(H,31,32). The summed E-state index contributed by atoms with van der Waals surface area (Å²) in [5.74, 6) is -0.272. The number of sulfonamides is 1. The van der Waals surface area contributed by atoms with Crippen molar-refractivity contribution in [1.29, 1.82) is 0 Å². The molecule has 0 unspecified atom stereocenters. The second kappa shape index (κ2) is 10.2. The molecular weight excluding hydrogens is 517 g/mol. The van der Waals surface area contributed by atoms with Crippen molar-refractivity contribution >= 4 is 32.4 Å². The van der Waals surface area contributed by atoms with E-state index in [2.05, 4.69) is 30.0 Å². The number of hydrogen-bond donors (Lipinski definition) is 3. The fourth-order valence-corrected chi connectivity index (χ4v) is 5.55. The zero-order chi connectivity index (χ0) is 27.0. The van der Waals surface area contributed by atoms with Crippen molar-refractivity contribution in [2.75, 3.05) is 42.1 Å². The smallest absolute Gasteiger partial charge is 0.229 e. The molecule has 0 saturated carbocycles. The lowest BCUT2D eigenvalue weighted by Crippen LogP contribution is -2.43. The lowest BCUT2D eigenvalue weighted by atomic mass is 10.0. The number of piperazine rings is 1. The first-order valence-corrected chi connectivity index (χ1v) is 14.5. The molecule has 3 N–H and O–H groups in total. The zero-order valence-electron chi connectivity index (χ0n) is 21.4. The average Bonchev–Trinajstić information content (AvgIpc) is 3.54. The summed E-state index contributed by atoms with van der Waals surface area (Å²) in [6, 6.07) is 14.4. The van der Waals surface area contributed by atoms with Gasteiger partial charge in [-0.3, -0.25) is 9.40 Å². The second-order valence-electron chi connectivity index (χ2n) is 9.72. The molecule has 0 spiro atoms. The molecule has 6 rings (SSSR count). The van der Waals surface area contributed by atoms with Crippen LogP contribution in [0, 0.1) is 5.82 Å². The van der Waals surface area contributed by atoms with Gasteiger partial charge >= 0.3 is 0 Å². The molecule has 3 aromatic heterocycles. The molecule has 0 bridgehead atoms. The summed E-state index contributed by atoms with van der Waals surface area (Å²) in [6.07, 6.45) is 8.55. The maximum atomic E-state index is 13.6. The number of rotatable bonds is 7. The quantitative estimate of drug-likeness (QED) is 0.285. The van der Waals surface area contributed by atoms with Crippen LogP contribution in [-0.2, 0) is 16.6 Å². The summed E-state index contributed by atoms with van der Waals surface area (Å²) >= 11 is 0. The van der Waals surface area contributed by atoms with Gasteiger partial charge in [-0.25, -0.2) is 17.8 Å². The Labute approximate surface area is 225 Å². The Bertz CT molecular complexity index is 1760. The van der Waals surface area contributed by atoms with Gasteiger partial charge in [0.25, 0.3) is 0 Å². The third kappa shape index (κ3) is 5.50. The number of halogens is 1. The van der Waals surface area contributed by atoms with Gasteiger partial charge in [0, 0.05) is 66.8 Å². The summed E-state index contributed by atoms with van der Waals surface area (Å²) in [6.45, 7) is 3.74. The van der Waals surface area contributed by atoms with Crippen molar-refractivity contribution in [2.24, 2.45) is 0 Å². The average molecular weight is 546 g/mol. The Morgan fingerprint density at radius 1 is 1.03 bits per heavy atom. The van der Waals surface area contributed by atoms with Gasteiger partial charge in [0.15, 0.2) is 0 Å². The first kappa shape index (κ1) is 25.1. The van der Waals surface area contributed by atoms with Gasteiger partial charge in [-0.15, -0.1) is 0 Å². The fraction of sp³-hybridized carbons (Fsp3) is 0.214. The van der Waals surface area contributed by atoms with E-state index < -0.39 is 10.0 Å². The molecule has 39 heavy (non-hydrogen) atoms. The van der Waals surface area contributed by atoms with E-state index >= 15 is 0 Å². The second-order valence-corrected chi connectivity index (χ2v) is 11.5. The third-order valence-corrected chi connectivity index (χ3v) is 7.38. The minimum Gasteiger partial charge on any atom is -0.367 e. The summed E-state index contributed by atoms with van der Waals surface area (Å²) < 4.78 is 42.4. The number of pyridine rings is 1. The number of benzene rings is 2. The van der Waals surface area contributed by atoms with Crippen molar-refractivity contribution in [1.82, 2.24) is 25.1 Å². The number of nitrogens with zero attached hydrogens (tertiary/aromatic N) is 4. The predicted molar refractivity (Wildman–Crippen MR) is 152 cm³/mol. The molecule has 1 saturated heterocycles. The number of nitrogens with one attached hydrogen (secondary N) is 3. The van der Waals surface area contributed by atoms with E-state index in [1.165, 1.54) is 12.1 Å². The van der Waals surface area contributed by atoms with Crippen molar-refractivity contribution in [3.63, 3.8) is 0 Å². The SMILES string of the molecule is CS(=O)(=O)Nc1cc(-c2cnc3[nH]cc(-c4cnn(Cc5cccc(F)c5)c4)c3c2)ccc1N1CCNCC1. The number of fused-ring (bicyclic) bond motifs is 1. The van der Waals surface area contributed by atoms with E-state index in [-0.39, 0.29) is 5.82 Å². The van der Waals surface area contributed by atoms with Crippen molar-refractivity contribution < 1.29 is 12.8 Å². The van der Waals surface area contributed by atoms with Crippen LogP contribution in [0.3, 0.4) is 0 Å². The first-order chi connectivity index (χ1) is 18.8. The Balaban J connectivity index is 1.34. The molecule has 2 aromatic carbocycles. The normalized spacial score (nSPS) is 14.2. The van der Waals surface area contributed by atoms with E-state index in [9.17, 15) is 12.8 Å². The highest BCUT2D eigenvalue weighted by atomic mass is 32.2. The molecule has 0 amide bonds. The molecule has 0 aliphatic carbocycles. The lowest BCUT2D eigenvalue weighted by Gasteiger charge is -2.31. The van der Waals surface area contributed by atoms with Crippen LogP contribution in [0.15, 0.2) is 73.3 Å². The van der Waals surface area contributed by atoms with Gasteiger partial charge in [0.05, 0.1) is 30.4 Å². The van der Waals surface area contributed by atoms with Crippen LogP contribution < -0.4 is 14.9 Å². The van der Waals surface area contributed by atoms with E-state index in [1.54, 1.807) is 23.1 Å². The van der Waals surface area contributed by atoms with E-state index in [1.807, 2.05) is 42.7 Å². The Hall–Kier alpha value is -4.22. The van der Waals surface area contributed by atoms with Gasteiger partial charge in [0.2, 0.25) is 10.0 Å². The van der Waals surface area contributed by atoms with Crippen molar-refractivity contribution in [3.8, 4) is 22.3 Å². The Kier molecular flexibility index (Phi) is 6.53. The third-order valence-electron chi connectivity index (χ3n) is 6.79. The van der Waals surface area contributed by atoms with Crippen LogP contribution in [0.25, 0.3) is 33.3 Å². The van der Waals surface area contributed by atoms with E-state index in [0.717, 1.165) is 77.0 Å². The molecule has 0 atom stereocenters. The molecule has 1 aliphatic rings. The Morgan fingerprint density at radius 2 is 1.87 bits per heavy atom. The monoisotopic (exact) mass is 545 g/mol. The van der Waals surface area contributed by atoms with Gasteiger partial charge in [-0.05, 0) is 41.5 Å². The minimum absolute atomic E-state index is 0.272. The Morgan fingerprint density at radius 3 is 2.67 bits per heavy atom. The molecule has 1 aliphatic heterocycles. The van der Waals surface area contributed by atoms with Crippen LogP contribution in [0.1, 0.15) is 5.56 Å². The predicted octanol–water partition coefficient (Wildman–Crippen LogP) is 4.06. The molecule has 5 aromatic rings. The van der Waals surface area contributed by atoms with Crippen LogP contribution in [0.5, 0.6) is 0 Å². The molecule has 11 heteroatoms. The molecule has 9 nitrogen and oxygen atoms in total. The topological polar surface area (TPSA) is 108 Å². The highest BCUT2D eigenvalue weighted by Gasteiger charge is 2.18.